The molecular formula is C11H6F5N3OS. The average Bonchev–Trinajstić information content (AvgIpc) is 2.46. The standard InChI is InChI=1S/C11H6F5N3OS/c1-3-10(20)17-11(19-18-3)21-2-4-5(12)7(14)9(16)8(15)6(4)13/h2H2,1H3,(H,17,19,20). The van der Waals surface area contributed by atoms with E-state index < -0.39 is 46.0 Å². The van der Waals surface area contributed by atoms with Crippen molar-refractivity contribution >= 4 is 11.8 Å². The van der Waals surface area contributed by atoms with Crippen LogP contribution in [0.15, 0.2) is 9.95 Å². The Morgan fingerprint density at radius 2 is 1.48 bits per heavy atom. The molecule has 10 heteroatoms. The quantitative estimate of drug-likeness (QED) is 0.408. The van der Waals surface area contributed by atoms with E-state index in [-0.39, 0.29) is 10.9 Å². The van der Waals surface area contributed by atoms with E-state index in [1.165, 1.54) is 6.92 Å². The third-order valence-corrected chi connectivity index (χ3v) is 3.38. The minimum absolute atomic E-state index is 0.0792. The summed E-state index contributed by atoms with van der Waals surface area (Å²) in [6.45, 7) is 1.39. The number of halogens is 5. The summed E-state index contributed by atoms with van der Waals surface area (Å²) in [6, 6.07) is 0. The number of nitrogens with one attached hydrogen (secondary N) is 1. The molecule has 0 aliphatic heterocycles. The summed E-state index contributed by atoms with van der Waals surface area (Å²) in [7, 11) is 0. The minimum Gasteiger partial charge on any atom is -0.298 e. The molecule has 0 aliphatic rings. The lowest BCUT2D eigenvalue weighted by Crippen LogP contribution is -2.14. The molecule has 0 bridgehead atoms. The van der Waals surface area contributed by atoms with Gasteiger partial charge < -0.3 is 0 Å². The Hall–Kier alpha value is -1.97. The molecule has 21 heavy (non-hydrogen) atoms. The fraction of sp³-hybridized carbons (Fsp3) is 0.182. The number of hydrogen-bond acceptors (Lipinski definition) is 4. The summed E-state index contributed by atoms with van der Waals surface area (Å²) in [5.74, 6) is -10.7. The molecule has 0 aliphatic carbocycles. The third-order valence-electron chi connectivity index (χ3n) is 2.49. The first-order chi connectivity index (χ1) is 9.82. The van der Waals surface area contributed by atoms with Gasteiger partial charge in [0.2, 0.25) is 5.82 Å². The van der Waals surface area contributed by atoms with E-state index in [1.54, 1.807) is 0 Å². The van der Waals surface area contributed by atoms with Crippen LogP contribution in [0.5, 0.6) is 0 Å². The normalized spacial score (nSPS) is 11.0. The van der Waals surface area contributed by atoms with E-state index >= 15 is 0 Å². The molecule has 2 rings (SSSR count). The number of rotatable bonds is 3. The Morgan fingerprint density at radius 3 is 2.00 bits per heavy atom. The topological polar surface area (TPSA) is 58.6 Å². The van der Waals surface area contributed by atoms with Crippen molar-refractivity contribution in [2.75, 3.05) is 0 Å². The monoisotopic (exact) mass is 323 g/mol. The maximum absolute atomic E-state index is 13.4. The molecule has 4 nitrogen and oxygen atoms in total. The molecule has 0 atom stereocenters. The van der Waals surface area contributed by atoms with Crippen molar-refractivity contribution in [3.05, 3.63) is 50.7 Å². The number of hydrogen-bond donors (Lipinski definition) is 1. The first-order valence-electron chi connectivity index (χ1n) is 5.39. The van der Waals surface area contributed by atoms with Crippen LogP contribution in [0.1, 0.15) is 11.3 Å². The molecule has 0 radical (unpaired) electrons. The Labute approximate surface area is 118 Å². The highest BCUT2D eigenvalue weighted by Crippen LogP contribution is 2.27. The van der Waals surface area contributed by atoms with Crippen molar-refractivity contribution in [2.45, 2.75) is 17.8 Å². The molecule has 1 N–H and O–H groups in total. The SMILES string of the molecule is Cc1nnc(SCc2c(F)c(F)c(F)c(F)c2F)[nH]c1=O. The molecule has 0 unspecified atom stereocenters. The van der Waals surface area contributed by atoms with Crippen molar-refractivity contribution in [3.63, 3.8) is 0 Å². The molecular weight excluding hydrogens is 317 g/mol. The number of aromatic nitrogens is 3. The second kappa shape index (κ2) is 5.80. The molecule has 2 aromatic rings. The lowest BCUT2D eigenvalue weighted by molar-refractivity contribution is 0.372. The van der Waals surface area contributed by atoms with Gasteiger partial charge in [0.1, 0.15) is 5.69 Å². The van der Waals surface area contributed by atoms with Crippen molar-refractivity contribution < 1.29 is 22.0 Å². The van der Waals surface area contributed by atoms with Gasteiger partial charge >= 0.3 is 0 Å². The second-order valence-corrected chi connectivity index (χ2v) is 4.85. The Balaban J connectivity index is 2.32. The van der Waals surface area contributed by atoms with Gasteiger partial charge in [-0.1, -0.05) is 11.8 Å². The summed E-state index contributed by atoms with van der Waals surface area (Å²) >= 11 is 0.583. The molecule has 0 saturated heterocycles. The van der Waals surface area contributed by atoms with Crippen LogP contribution in [0.4, 0.5) is 22.0 Å². The van der Waals surface area contributed by atoms with Gasteiger partial charge in [-0.05, 0) is 6.92 Å². The van der Waals surface area contributed by atoms with Gasteiger partial charge in [0.25, 0.3) is 5.56 Å². The largest absolute Gasteiger partial charge is 0.298 e. The van der Waals surface area contributed by atoms with Gasteiger partial charge in [0, 0.05) is 11.3 Å². The fourth-order valence-corrected chi connectivity index (χ4v) is 2.16. The number of H-pyrrole nitrogens is 1. The van der Waals surface area contributed by atoms with Gasteiger partial charge in [-0.2, -0.15) is 0 Å². The summed E-state index contributed by atoms with van der Waals surface area (Å²) in [5.41, 5.74) is -1.49. The molecule has 0 amide bonds. The van der Waals surface area contributed by atoms with Gasteiger partial charge in [-0.25, -0.2) is 22.0 Å². The van der Waals surface area contributed by atoms with Crippen LogP contribution < -0.4 is 5.56 Å². The van der Waals surface area contributed by atoms with Crippen LogP contribution in [-0.2, 0) is 5.75 Å². The zero-order valence-electron chi connectivity index (χ0n) is 10.3. The molecule has 0 saturated carbocycles. The Bertz CT molecular complexity index is 735. The Morgan fingerprint density at radius 1 is 0.952 bits per heavy atom. The first kappa shape index (κ1) is 15.4. The zero-order valence-corrected chi connectivity index (χ0v) is 11.1. The van der Waals surface area contributed by atoms with E-state index in [0.717, 1.165) is 0 Å². The Kier molecular flexibility index (Phi) is 4.26. The van der Waals surface area contributed by atoms with E-state index in [2.05, 4.69) is 15.2 Å². The third kappa shape index (κ3) is 2.89. The second-order valence-electron chi connectivity index (χ2n) is 3.88. The molecule has 0 fully saturated rings. The summed E-state index contributed by atoms with van der Waals surface area (Å²) in [6.07, 6.45) is 0. The maximum atomic E-state index is 13.4. The number of benzene rings is 1. The van der Waals surface area contributed by atoms with Crippen molar-refractivity contribution in [2.24, 2.45) is 0 Å². The van der Waals surface area contributed by atoms with Crippen molar-refractivity contribution in [1.82, 2.24) is 15.2 Å². The predicted molar refractivity (Wildman–Crippen MR) is 63.2 cm³/mol. The molecule has 112 valence electrons. The first-order valence-corrected chi connectivity index (χ1v) is 6.38. The number of aromatic amines is 1. The van der Waals surface area contributed by atoms with Crippen LogP contribution >= 0.6 is 11.8 Å². The van der Waals surface area contributed by atoms with Gasteiger partial charge in [0.15, 0.2) is 28.4 Å². The highest BCUT2D eigenvalue weighted by Gasteiger charge is 2.25. The molecule has 1 aromatic carbocycles. The summed E-state index contributed by atoms with van der Waals surface area (Å²) in [4.78, 5) is 13.5. The smallest absolute Gasteiger partial charge is 0.273 e. The van der Waals surface area contributed by atoms with Crippen LogP contribution in [0.25, 0.3) is 0 Å². The lowest BCUT2D eigenvalue weighted by atomic mass is 10.2. The molecule has 1 aromatic heterocycles. The number of thioether (sulfide) groups is 1. The van der Waals surface area contributed by atoms with E-state index in [1.807, 2.05) is 0 Å². The number of aryl methyl sites for hydroxylation is 1. The van der Waals surface area contributed by atoms with Crippen LogP contribution in [0.2, 0.25) is 0 Å². The highest BCUT2D eigenvalue weighted by atomic mass is 32.2. The number of nitrogens with zero attached hydrogens (tertiary/aromatic N) is 2. The van der Waals surface area contributed by atoms with Crippen LogP contribution in [-0.4, -0.2) is 15.2 Å². The summed E-state index contributed by atoms with van der Waals surface area (Å²) < 4.78 is 65.6. The van der Waals surface area contributed by atoms with Gasteiger partial charge in [0.05, 0.1) is 0 Å². The minimum atomic E-state index is -2.22. The molecule has 0 spiro atoms. The van der Waals surface area contributed by atoms with Crippen molar-refractivity contribution in [1.29, 1.82) is 0 Å². The molecule has 1 heterocycles. The van der Waals surface area contributed by atoms with E-state index in [4.69, 9.17) is 0 Å². The van der Waals surface area contributed by atoms with Crippen LogP contribution in [0.3, 0.4) is 0 Å². The highest BCUT2D eigenvalue weighted by molar-refractivity contribution is 7.98. The average molecular weight is 323 g/mol. The maximum Gasteiger partial charge on any atom is 0.273 e. The fourth-order valence-electron chi connectivity index (χ4n) is 1.36. The predicted octanol–water partition coefficient (Wildman–Crippen LogP) is 2.46. The lowest BCUT2D eigenvalue weighted by Gasteiger charge is -2.07. The van der Waals surface area contributed by atoms with E-state index in [9.17, 15) is 26.7 Å². The van der Waals surface area contributed by atoms with Crippen LogP contribution in [0, 0.1) is 36.0 Å². The summed E-state index contributed by atoms with van der Waals surface area (Å²) in [5, 5.41) is 6.90. The van der Waals surface area contributed by atoms with Gasteiger partial charge in [-0.15, -0.1) is 10.2 Å². The van der Waals surface area contributed by atoms with E-state index in [0.29, 0.717) is 11.8 Å². The van der Waals surface area contributed by atoms with Gasteiger partial charge in [-0.3, -0.25) is 9.78 Å². The van der Waals surface area contributed by atoms with Crippen molar-refractivity contribution in [3.8, 4) is 0 Å². The zero-order chi connectivity index (χ0) is 15.7.